The molecule has 0 spiro atoms. The fourth-order valence-corrected chi connectivity index (χ4v) is 5.58. The Balaban J connectivity index is 1.22. The van der Waals surface area contributed by atoms with Crippen LogP contribution >= 0.6 is 0 Å². The van der Waals surface area contributed by atoms with Gasteiger partial charge in [0.15, 0.2) is 5.82 Å². The molecule has 0 saturated carbocycles. The zero-order valence-electron chi connectivity index (χ0n) is 21.4. The zero-order valence-corrected chi connectivity index (χ0v) is 21.4. The van der Waals surface area contributed by atoms with Gasteiger partial charge in [-0.3, -0.25) is 9.80 Å². The highest BCUT2D eigenvalue weighted by molar-refractivity contribution is 5.72. The average molecular weight is 491 g/mol. The number of aliphatic hydroxyl groups is 2. The standard InChI is InChI=1S/C25H46N8O2/c26-23-21-24-25(27-22-23)33(6-2-4-29-9-13-31(14-10-29)18-20-35)16-15-32(24)5-1-3-28-7-11-30(12-8-28)17-19-34/h21-22,34-35H,1-20,26H2. The van der Waals surface area contributed by atoms with Gasteiger partial charge in [-0.25, -0.2) is 4.98 Å². The number of rotatable bonds is 12. The number of pyridine rings is 1. The first-order valence-electron chi connectivity index (χ1n) is 13.5. The molecule has 3 aliphatic heterocycles. The van der Waals surface area contributed by atoms with Crippen molar-refractivity contribution in [1.82, 2.24) is 24.6 Å². The number of piperazine rings is 2. The molecule has 198 valence electrons. The van der Waals surface area contributed by atoms with E-state index < -0.39 is 0 Å². The number of nitrogens with two attached hydrogens (primary N) is 1. The number of nitrogens with zero attached hydrogens (tertiary/aromatic N) is 7. The quantitative estimate of drug-likeness (QED) is 0.349. The van der Waals surface area contributed by atoms with Crippen molar-refractivity contribution in [3.63, 3.8) is 0 Å². The molecule has 35 heavy (non-hydrogen) atoms. The molecule has 4 N–H and O–H groups in total. The van der Waals surface area contributed by atoms with Gasteiger partial charge in [-0.2, -0.15) is 0 Å². The van der Waals surface area contributed by atoms with Crippen molar-refractivity contribution >= 4 is 17.2 Å². The van der Waals surface area contributed by atoms with E-state index in [1.807, 2.05) is 0 Å². The summed E-state index contributed by atoms with van der Waals surface area (Å²) < 4.78 is 0. The molecule has 0 atom stereocenters. The second-order valence-corrected chi connectivity index (χ2v) is 10.1. The van der Waals surface area contributed by atoms with Crippen LogP contribution in [-0.2, 0) is 0 Å². The van der Waals surface area contributed by atoms with Gasteiger partial charge in [0, 0.05) is 91.6 Å². The summed E-state index contributed by atoms with van der Waals surface area (Å²) >= 11 is 0. The van der Waals surface area contributed by atoms with Crippen LogP contribution in [0, 0.1) is 0 Å². The van der Waals surface area contributed by atoms with Crippen LogP contribution in [-0.4, -0.2) is 153 Å². The van der Waals surface area contributed by atoms with Gasteiger partial charge in [0.05, 0.1) is 30.8 Å². The molecule has 2 saturated heterocycles. The summed E-state index contributed by atoms with van der Waals surface area (Å²) in [6.45, 7) is 17.0. The predicted octanol–water partition coefficient (Wildman–Crippen LogP) is -0.710. The van der Waals surface area contributed by atoms with Gasteiger partial charge >= 0.3 is 0 Å². The third-order valence-electron chi connectivity index (χ3n) is 7.72. The van der Waals surface area contributed by atoms with Gasteiger partial charge in [0.1, 0.15) is 0 Å². The topological polar surface area (TPSA) is 98.8 Å². The Labute approximate surface area is 210 Å². The van der Waals surface area contributed by atoms with Gasteiger partial charge in [0.25, 0.3) is 0 Å². The first kappa shape index (κ1) is 26.4. The Morgan fingerprint density at radius 1 is 0.629 bits per heavy atom. The number of aromatic nitrogens is 1. The minimum Gasteiger partial charge on any atom is -0.397 e. The van der Waals surface area contributed by atoms with Crippen LogP contribution in [0.2, 0.25) is 0 Å². The van der Waals surface area contributed by atoms with Crippen molar-refractivity contribution < 1.29 is 10.2 Å². The zero-order chi connectivity index (χ0) is 24.5. The van der Waals surface area contributed by atoms with Gasteiger partial charge in [-0.05, 0) is 32.0 Å². The molecule has 2 fully saturated rings. The number of aliphatic hydroxyl groups excluding tert-OH is 2. The summed E-state index contributed by atoms with van der Waals surface area (Å²) in [5.74, 6) is 1.08. The van der Waals surface area contributed by atoms with E-state index in [0.717, 1.165) is 129 Å². The lowest BCUT2D eigenvalue weighted by molar-refractivity contribution is 0.112. The van der Waals surface area contributed by atoms with Gasteiger partial charge in [0.2, 0.25) is 0 Å². The van der Waals surface area contributed by atoms with Gasteiger partial charge in [-0.1, -0.05) is 0 Å². The molecule has 0 amide bonds. The summed E-state index contributed by atoms with van der Waals surface area (Å²) in [4.78, 5) is 19.4. The average Bonchev–Trinajstić information content (AvgIpc) is 2.87. The lowest BCUT2D eigenvalue weighted by Crippen LogP contribution is -2.48. The molecular formula is C25H46N8O2. The molecule has 4 heterocycles. The lowest BCUT2D eigenvalue weighted by Gasteiger charge is -2.39. The van der Waals surface area contributed by atoms with Gasteiger partial charge < -0.3 is 35.5 Å². The van der Waals surface area contributed by atoms with Gasteiger partial charge in [-0.15, -0.1) is 0 Å². The second kappa shape index (κ2) is 13.6. The van der Waals surface area contributed by atoms with Crippen LogP contribution in [0.25, 0.3) is 0 Å². The highest BCUT2D eigenvalue weighted by Gasteiger charge is 2.25. The largest absolute Gasteiger partial charge is 0.397 e. The molecule has 1 aromatic heterocycles. The molecule has 0 radical (unpaired) electrons. The Kier molecular flexibility index (Phi) is 10.2. The Morgan fingerprint density at radius 2 is 1.09 bits per heavy atom. The van der Waals surface area contributed by atoms with E-state index in [1.165, 1.54) is 5.69 Å². The molecule has 0 bridgehead atoms. The molecule has 10 heteroatoms. The number of fused-ring (bicyclic) bond motifs is 1. The van der Waals surface area contributed by atoms with E-state index >= 15 is 0 Å². The number of hydrogen-bond donors (Lipinski definition) is 3. The van der Waals surface area contributed by atoms with Crippen molar-refractivity contribution in [2.24, 2.45) is 0 Å². The lowest BCUT2D eigenvalue weighted by atomic mass is 10.2. The molecule has 4 rings (SSSR count). The third-order valence-corrected chi connectivity index (χ3v) is 7.72. The Morgan fingerprint density at radius 3 is 1.60 bits per heavy atom. The summed E-state index contributed by atoms with van der Waals surface area (Å²) in [5.41, 5.74) is 8.05. The van der Waals surface area contributed by atoms with E-state index in [1.54, 1.807) is 6.20 Å². The molecule has 0 aliphatic carbocycles. The number of β-amino-alcohol motifs (C(OH)–C–C–N with tert-alkyl or cyclic N) is 2. The minimum atomic E-state index is 0.255. The first-order chi connectivity index (χ1) is 17.2. The fourth-order valence-electron chi connectivity index (χ4n) is 5.58. The smallest absolute Gasteiger partial charge is 0.152 e. The number of anilines is 3. The molecule has 3 aliphatic rings. The van der Waals surface area contributed by atoms with E-state index in [2.05, 4.69) is 35.5 Å². The van der Waals surface area contributed by atoms with Crippen LogP contribution < -0.4 is 15.5 Å². The normalized spacial score (nSPS) is 21.0. The second-order valence-electron chi connectivity index (χ2n) is 10.1. The highest BCUT2D eigenvalue weighted by atomic mass is 16.3. The summed E-state index contributed by atoms with van der Waals surface area (Å²) in [7, 11) is 0. The molecule has 0 aromatic carbocycles. The summed E-state index contributed by atoms with van der Waals surface area (Å²) in [5, 5.41) is 18.3. The van der Waals surface area contributed by atoms with Crippen LogP contribution in [0.1, 0.15) is 12.8 Å². The highest BCUT2D eigenvalue weighted by Crippen LogP contribution is 2.32. The summed E-state index contributed by atoms with van der Waals surface area (Å²) in [6, 6.07) is 2.10. The van der Waals surface area contributed by atoms with Crippen LogP contribution in [0.4, 0.5) is 17.2 Å². The van der Waals surface area contributed by atoms with Crippen molar-refractivity contribution in [3.8, 4) is 0 Å². The van der Waals surface area contributed by atoms with Crippen LogP contribution in [0.5, 0.6) is 0 Å². The van der Waals surface area contributed by atoms with Crippen molar-refractivity contribution in [1.29, 1.82) is 0 Å². The molecular weight excluding hydrogens is 444 g/mol. The Hall–Kier alpha value is -1.69. The molecule has 0 unspecified atom stereocenters. The van der Waals surface area contributed by atoms with E-state index in [4.69, 9.17) is 20.9 Å². The SMILES string of the molecule is Nc1cnc2c(c1)N(CCCN1CCN(CCO)CC1)CCN2CCCN1CCN(CCO)CC1. The first-order valence-corrected chi connectivity index (χ1v) is 13.5. The van der Waals surface area contributed by atoms with E-state index in [0.29, 0.717) is 0 Å². The van der Waals surface area contributed by atoms with Crippen molar-refractivity contribution in [3.05, 3.63) is 12.3 Å². The van der Waals surface area contributed by atoms with Crippen molar-refractivity contribution in [2.45, 2.75) is 12.8 Å². The van der Waals surface area contributed by atoms with E-state index in [9.17, 15) is 0 Å². The summed E-state index contributed by atoms with van der Waals surface area (Å²) in [6.07, 6.45) is 4.06. The maximum atomic E-state index is 9.13. The minimum absolute atomic E-state index is 0.255. The van der Waals surface area contributed by atoms with Crippen LogP contribution in [0.3, 0.4) is 0 Å². The number of nitrogen functional groups attached to an aromatic ring is 1. The monoisotopic (exact) mass is 490 g/mol. The fraction of sp³-hybridized carbons (Fsp3) is 0.800. The Bertz CT molecular complexity index is 753. The van der Waals surface area contributed by atoms with Crippen LogP contribution in [0.15, 0.2) is 12.3 Å². The van der Waals surface area contributed by atoms with Crippen molar-refractivity contribution in [2.75, 3.05) is 133 Å². The maximum absolute atomic E-state index is 9.13. The maximum Gasteiger partial charge on any atom is 0.152 e. The molecule has 10 nitrogen and oxygen atoms in total. The predicted molar refractivity (Wildman–Crippen MR) is 142 cm³/mol. The number of hydrogen-bond acceptors (Lipinski definition) is 10. The van der Waals surface area contributed by atoms with E-state index in [-0.39, 0.29) is 13.2 Å². The molecule has 1 aromatic rings. The third kappa shape index (κ3) is 7.65.